The Morgan fingerprint density at radius 1 is 1.03 bits per heavy atom. The van der Waals surface area contributed by atoms with Crippen LogP contribution in [0.15, 0.2) is 77.7 Å². The average molecular weight is 420 g/mol. The zero-order valence-electron chi connectivity index (χ0n) is 17.9. The Balaban J connectivity index is 1.61. The Hall–Kier alpha value is -2.72. The van der Waals surface area contributed by atoms with Crippen molar-refractivity contribution < 1.29 is 9.53 Å². The van der Waals surface area contributed by atoms with Gasteiger partial charge < -0.3 is 10.1 Å². The van der Waals surface area contributed by atoms with Crippen LogP contribution in [0.4, 0.5) is 0 Å². The largest absolute Gasteiger partial charge is 0.496 e. The number of benzene rings is 3. The number of hydrogen-bond donors (Lipinski definition) is 1. The molecular weight excluding hydrogens is 390 g/mol. The number of nitrogens with one attached hydrogen (secondary N) is 1. The van der Waals surface area contributed by atoms with E-state index in [1.807, 2.05) is 36.4 Å². The van der Waals surface area contributed by atoms with Gasteiger partial charge in [0.2, 0.25) is 0 Å². The Morgan fingerprint density at radius 3 is 2.47 bits per heavy atom. The Morgan fingerprint density at radius 2 is 1.77 bits per heavy atom. The monoisotopic (exact) mass is 419 g/mol. The lowest BCUT2D eigenvalue weighted by atomic mass is 10.1. The zero-order chi connectivity index (χ0) is 21.3. The highest BCUT2D eigenvalue weighted by Gasteiger charge is 2.13. The number of aryl methyl sites for hydroxylation is 2. The van der Waals surface area contributed by atoms with Gasteiger partial charge in [-0.15, -0.1) is 11.8 Å². The number of rotatable bonds is 9. The minimum absolute atomic E-state index is 0.0419. The lowest BCUT2D eigenvalue weighted by Crippen LogP contribution is -2.32. The number of ether oxygens (including phenoxy) is 1. The summed E-state index contributed by atoms with van der Waals surface area (Å²) < 4.78 is 5.51. The van der Waals surface area contributed by atoms with Crippen LogP contribution < -0.4 is 10.1 Å². The fourth-order valence-electron chi connectivity index (χ4n) is 3.24. The van der Waals surface area contributed by atoms with Crippen LogP contribution in [0.25, 0.3) is 0 Å². The number of amides is 1. The summed E-state index contributed by atoms with van der Waals surface area (Å²) in [6.07, 6.45) is 1.85. The predicted octanol–water partition coefficient (Wildman–Crippen LogP) is 6.05. The van der Waals surface area contributed by atoms with E-state index in [1.54, 1.807) is 18.9 Å². The van der Waals surface area contributed by atoms with Crippen LogP contribution in [0.2, 0.25) is 0 Å². The van der Waals surface area contributed by atoms with Crippen LogP contribution in [0.1, 0.15) is 40.4 Å². The van der Waals surface area contributed by atoms with Crippen molar-refractivity contribution >= 4 is 17.7 Å². The standard InChI is InChI=1S/C26H29NO2S/c1-19-9-14-24(15-10-19)30-18-23-17-22(13-16-25(23)29-3)26(28)27-20(2)11-12-21-7-5-4-6-8-21/h4-10,13-17,20H,11-12,18H2,1-3H3,(H,27,28)/t20-/m1/s1. The molecule has 1 N–H and O–H groups in total. The smallest absolute Gasteiger partial charge is 0.251 e. The lowest BCUT2D eigenvalue weighted by Gasteiger charge is -2.15. The van der Waals surface area contributed by atoms with Crippen LogP contribution in [0.3, 0.4) is 0 Å². The van der Waals surface area contributed by atoms with Crippen molar-refractivity contribution in [2.45, 2.75) is 43.4 Å². The van der Waals surface area contributed by atoms with Gasteiger partial charge in [0.05, 0.1) is 7.11 Å². The Bertz CT molecular complexity index is 955. The van der Waals surface area contributed by atoms with Crippen molar-refractivity contribution in [1.29, 1.82) is 0 Å². The minimum atomic E-state index is -0.0419. The molecule has 30 heavy (non-hydrogen) atoms. The van der Waals surface area contributed by atoms with Crippen LogP contribution in [0.5, 0.6) is 5.75 Å². The summed E-state index contributed by atoms with van der Waals surface area (Å²) in [5.41, 5.74) is 4.23. The van der Waals surface area contributed by atoms with Gasteiger partial charge >= 0.3 is 0 Å². The second kappa shape index (κ2) is 10.9. The van der Waals surface area contributed by atoms with E-state index in [-0.39, 0.29) is 11.9 Å². The molecule has 0 fully saturated rings. The fourth-order valence-corrected chi connectivity index (χ4v) is 4.11. The highest BCUT2D eigenvalue weighted by atomic mass is 32.2. The van der Waals surface area contributed by atoms with Gasteiger partial charge in [0.25, 0.3) is 5.91 Å². The maximum atomic E-state index is 12.8. The topological polar surface area (TPSA) is 38.3 Å². The van der Waals surface area contributed by atoms with Gasteiger partial charge in [-0.3, -0.25) is 4.79 Å². The summed E-state index contributed by atoms with van der Waals surface area (Å²) in [7, 11) is 1.67. The van der Waals surface area contributed by atoms with Gasteiger partial charge in [-0.1, -0.05) is 48.0 Å². The minimum Gasteiger partial charge on any atom is -0.496 e. The first-order valence-electron chi connectivity index (χ1n) is 10.3. The maximum Gasteiger partial charge on any atom is 0.251 e. The van der Waals surface area contributed by atoms with Crippen molar-refractivity contribution in [3.05, 3.63) is 95.1 Å². The van der Waals surface area contributed by atoms with Crippen LogP contribution in [-0.2, 0) is 12.2 Å². The molecule has 0 aliphatic carbocycles. The van der Waals surface area contributed by atoms with E-state index in [4.69, 9.17) is 4.74 Å². The molecule has 1 atom stereocenters. The van der Waals surface area contributed by atoms with E-state index in [9.17, 15) is 4.79 Å². The molecule has 4 heteroatoms. The molecule has 0 aliphatic rings. The highest BCUT2D eigenvalue weighted by molar-refractivity contribution is 7.98. The molecule has 3 aromatic carbocycles. The quantitative estimate of drug-likeness (QED) is 0.429. The van der Waals surface area contributed by atoms with E-state index in [2.05, 4.69) is 55.6 Å². The molecule has 0 bridgehead atoms. The molecule has 0 spiro atoms. The van der Waals surface area contributed by atoms with Gasteiger partial charge in [-0.2, -0.15) is 0 Å². The number of methoxy groups -OCH3 is 1. The molecule has 156 valence electrons. The average Bonchev–Trinajstić information content (AvgIpc) is 2.77. The molecule has 3 aromatic rings. The lowest BCUT2D eigenvalue weighted by molar-refractivity contribution is 0.0938. The van der Waals surface area contributed by atoms with Gasteiger partial charge in [0.15, 0.2) is 0 Å². The first-order valence-corrected chi connectivity index (χ1v) is 11.2. The third-order valence-corrected chi connectivity index (χ3v) is 6.11. The first kappa shape index (κ1) is 22.0. The fraction of sp³-hybridized carbons (Fsp3) is 0.269. The molecule has 0 radical (unpaired) electrons. The summed E-state index contributed by atoms with van der Waals surface area (Å²) in [6.45, 7) is 4.14. The molecule has 0 aromatic heterocycles. The Labute approximate surface area is 183 Å². The van der Waals surface area contributed by atoms with E-state index in [1.165, 1.54) is 16.0 Å². The van der Waals surface area contributed by atoms with Gasteiger partial charge in [0.1, 0.15) is 5.75 Å². The van der Waals surface area contributed by atoms with Crippen molar-refractivity contribution in [2.24, 2.45) is 0 Å². The number of thioether (sulfide) groups is 1. The third-order valence-electron chi connectivity index (χ3n) is 5.04. The molecule has 0 saturated heterocycles. The summed E-state index contributed by atoms with van der Waals surface area (Å²) in [6, 6.07) is 24.6. The number of carbonyl (C=O) groups is 1. The van der Waals surface area contributed by atoms with Gasteiger partial charge in [-0.25, -0.2) is 0 Å². The third kappa shape index (κ3) is 6.39. The van der Waals surface area contributed by atoms with E-state index >= 15 is 0 Å². The molecule has 3 nitrogen and oxygen atoms in total. The first-order chi connectivity index (χ1) is 14.5. The molecular formula is C26H29NO2S. The summed E-state index contributed by atoms with van der Waals surface area (Å²) >= 11 is 1.74. The van der Waals surface area contributed by atoms with E-state index < -0.39 is 0 Å². The van der Waals surface area contributed by atoms with Crippen LogP contribution >= 0.6 is 11.8 Å². The van der Waals surface area contributed by atoms with Crippen LogP contribution in [-0.4, -0.2) is 19.1 Å². The second-order valence-corrected chi connectivity index (χ2v) is 8.58. The molecule has 0 saturated carbocycles. The van der Waals surface area contributed by atoms with Crippen molar-refractivity contribution in [1.82, 2.24) is 5.32 Å². The highest BCUT2D eigenvalue weighted by Crippen LogP contribution is 2.29. The van der Waals surface area contributed by atoms with Crippen molar-refractivity contribution in [2.75, 3.05) is 7.11 Å². The molecule has 3 rings (SSSR count). The van der Waals surface area contributed by atoms with Gasteiger partial charge in [-0.05, 0) is 62.6 Å². The summed E-state index contributed by atoms with van der Waals surface area (Å²) in [5.74, 6) is 1.51. The summed E-state index contributed by atoms with van der Waals surface area (Å²) in [4.78, 5) is 14.0. The predicted molar refractivity (Wildman–Crippen MR) is 125 cm³/mol. The second-order valence-electron chi connectivity index (χ2n) is 7.53. The normalized spacial score (nSPS) is 11.7. The molecule has 0 unspecified atom stereocenters. The Kier molecular flexibility index (Phi) is 7.97. The SMILES string of the molecule is COc1ccc(C(=O)N[C@H](C)CCc2ccccc2)cc1CSc1ccc(C)cc1. The molecule has 0 heterocycles. The maximum absolute atomic E-state index is 12.8. The van der Waals surface area contributed by atoms with Gasteiger partial charge in [0, 0.05) is 27.8 Å². The van der Waals surface area contributed by atoms with Crippen LogP contribution in [0, 0.1) is 6.92 Å². The number of carbonyl (C=O) groups excluding carboxylic acids is 1. The number of hydrogen-bond acceptors (Lipinski definition) is 3. The van der Waals surface area contributed by atoms with E-state index in [0.29, 0.717) is 5.56 Å². The van der Waals surface area contributed by atoms with Crippen molar-refractivity contribution in [3.8, 4) is 5.75 Å². The zero-order valence-corrected chi connectivity index (χ0v) is 18.7. The van der Waals surface area contributed by atoms with Crippen molar-refractivity contribution in [3.63, 3.8) is 0 Å². The summed E-state index contributed by atoms with van der Waals surface area (Å²) in [5, 5.41) is 3.12. The van der Waals surface area contributed by atoms with E-state index in [0.717, 1.165) is 29.9 Å². The molecule has 1 amide bonds. The molecule has 0 aliphatic heterocycles.